The van der Waals surface area contributed by atoms with Gasteiger partial charge in [0.05, 0.1) is 31.9 Å². The van der Waals surface area contributed by atoms with E-state index in [0.717, 1.165) is 19.3 Å². The number of fused-ring (bicyclic) bond motifs is 1. The molecule has 172 valence electrons. The van der Waals surface area contributed by atoms with Gasteiger partial charge in [-0.3, -0.25) is 4.79 Å². The highest BCUT2D eigenvalue weighted by Gasteiger charge is 2.59. The highest BCUT2D eigenvalue weighted by Crippen LogP contribution is 2.62. The van der Waals surface area contributed by atoms with E-state index in [1.807, 2.05) is 13.0 Å². The molecule has 2 saturated carbocycles. The van der Waals surface area contributed by atoms with Crippen molar-refractivity contribution in [2.45, 2.75) is 38.3 Å². The average molecular weight is 451 g/mol. The summed E-state index contributed by atoms with van der Waals surface area (Å²) in [6.45, 7) is 2.05. The number of amides is 1. The topological polar surface area (TPSA) is 136 Å². The van der Waals surface area contributed by atoms with E-state index in [1.165, 1.54) is 18.9 Å². The van der Waals surface area contributed by atoms with E-state index >= 15 is 0 Å². The normalized spacial score (nSPS) is 23.7. The second kappa shape index (κ2) is 9.02. The number of methoxy groups -OCH3 is 2. The fraction of sp³-hybridized carbons (Fsp3) is 0.478. The van der Waals surface area contributed by atoms with Crippen LogP contribution in [0.15, 0.2) is 24.3 Å². The lowest BCUT2D eigenvalue weighted by atomic mass is 9.98. The molecular weight excluding hydrogens is 426 g/mol. The van der Waals surface area contributed by atoms with E-state index in [1.54, 1.807) is 24.3 Å². The monoisotopic (exact) mass is 451 g/mol. The van der Waals surface area contributed by atoms with Crippen LogP contribution >= 0.6 is 0 Å². The molecule has 0 saturated heterocycles. The Morgan fingerprint density at radius 2 is 1.79 bits per heavy atom. The predicted octanol–water partition coefficient (Wildman–Crippen LogP) is 2.13. The number of nitrogens with zero attached hydrogens (tertiary/aromatic N) is 4. The Morgan fingerprint density at radius 3 is 2.33 bits per heavy atom. The Balaban J connectivity index is 1.43. The van der Waals surface area contributed by atoms with Gasteiger partial charge in [-0.15, -0.1) is 5.10 Å². The van der Waals surface area contributed by atoms with Crippen LogP contribution in [0.3, 0.4) is 0 Å². The van der Waals surface area contributed by atoms with Crippen molar-refractivity contribution in [2.75, 3.05) is 14.2 Å². The molecule has 1 heterocycles. The summed E-state index contributed by atoms with van der Waals surface area (Å²) in [5.41, 5.74) is 0.893. The van der Waals surface area contributed by atoms with E-state index < -0.39 is 11.9 Å². The molecule has 0 aliphatic heterocycles. The van der Waals surface area contributed by atoms with Gasteiger partial charge < -0.3 is 14.8 Å². The third kappa shape index (κ3) is 4.06. The van der Waals surface area contributed by atoms with Crippen molar-refractivity contribution < 1.29 is 23.9 Å². The zero-order valence-corrected chi connectivity index (χ0v) is 18.6. The third-order valence-corrected chi connectivity index (χ3v) is 6.78. The van der Waals surface area contributed by atoms with E-state index in [9.17, 15) is 14.4 Å². The van der Waals surface area contributed by atoms with E-state index in [2.05, 4.69) is 15.6 Å². The molecule has 0 spiro atoms. The van der Waals surface area contributed by atoms with Gasteiger partial charge >= 0.3 is 11.9 Å². The molecule has 33 heavy (non-hydrogen) atoms. The highest BCUT2D eigenvalue weighted by molar-refractivity contribution is 6.00. The molecule has 1 aromatic heterocycles. The second-order valence-electron chi connectivity index (χ2n) is 8.42. The summed E-state index contributed by atoms with van der Waals surface area (Å²) in [6, 6.07) is 8.57. The minimum absolute atomic E-state index is 0.00774. The van der Waals surface area contributed by atoms with Crippen molar-refractivity contribution in [3.05, 3.63) is 46.8 Å². The van der Waals surface area contributed by atoms with Crippen LogP contribution in [0.2, 0.25) is 0 Å². The average Bonchev–Trinajstić information content (AvgIpc) is 3.19. The molecule has 2 aliphatic carbocycles. The largest absolute Gasteiger partial charge is 0.464 e. The van der Waals surface area contributed by atoms with Crippen molar-refractivity contribution >= 4 is 17.8 Å². The Labute approximate surface area is 190 Å². The fourth-order valence-electron chi connectivity index (χ4n) is 5.15. The van der Waals surface area contributed by atoms with Crippen LogP contribution < -0.4 is 5.32 Å². The van der Waals surface area contributed by atoms with Crippen LogP contribution in [0.1, 0.15) is 69.1 Å². The first-order valence-electron chi connectivity index (χ1n) is 10.9. The smallest absolute Gasteiger partial charge is 0.361 e. The third-order valence-electron chi connectivity index (χ3n) is 6.78. The van der Waals surface area contributed by atoms with Crippen molar-refractivity contribution in [1.82, 2.24) is 20.3 Å². The van der Waals surface area contributed by atoms with Crippen LogP contribution in [0.5, 0.6) is 0 Å². The number of benzene rings is 1. The Bertz CT molecular complexity index is 1110. The molecule has 0 unspecified atom stereocenters. The van der Waals surface area contributed by atoms with Gasteiger partial charge in [0, 0.05) is 11.6 Å². The van der Waals surface area contributed by atoms with Gasteiger partial charge in [0.2, 0.25) is 5.69 Å². The van der Waals surface area contributed by atoms with Gasteiger partial charge in [0.15, 0.2) is 5.69 Å². The van der Waals surface area contributed by atoms with E-state index in [-0.39, 0.29) is 29.4 Å². The SMILES string of the molecule is CC[C@@H](NC(=O)c1ccc(C#N)cc1)[C@H]1[C@@H]2C[C@@H](n3nnc(C(=O)OC)c3C(=O)OC)C[C@@H]21. The standard InChI is InChI=1S/C23H25N5O5/c1-4-17(25-21(29)13-7-5-12(11-24)6-8-13)18-15-9-14(10-16(15)18)28-20(23(31)33-3)19(26-27-28)22(30)32-2/h5-8,14-18H,4,9-10H2,1-3H3,(H,25,29)/t14-,15-,16+,17-,18+/m1/s1. The summed E-state index contributed by atoms with van der Waals surface area (Å²) >= 11 is 0. The molecule has 2 fully saturated rings. The van der Waals surface area contributed by atoms with Crippen LogP contribution in [-0.2, 0) is 9.47 Å². The summed E-state index contributed by atoms with van der Waals surface area (Å²) in [6.07, 6.45) is 2.34. The first-order valence-corrected chi connectivity index (χ1v) is 10.9. The molecular formula is C23H25N5O5. The number of nitriles is 1. The lowest BCUT2D eigenvalue weighted by molar-refractivity contribution is 0.0541. The van der Waals surface area contributed by atoms with E-state index in [0.29, 0.717) is 28.9 Å². The van der Waals surface area contributed by atoms with E-state index in [4.69, 9.17) is 14.7 Å². The summed E-state index contributed by atoms with van der Waals surface area (Å²) < 4.78 is 11.0. The van der Waals surface area contributed by atoms with Gasteiger partial charge in [0.25, 0.3) is 5.91 Å². The van der Waals surface area contributed by atoms with Gasteiger partial charge in [-0.2, -0.15) is 5.26 Å². The summed E-state index contributed by atoms with van der Waals surface area (Å²) in [4.78, 5) is 37.0. The summed E-state index contributed by atoms with van der Waals surface area (Å²) in [7, 11) is 2.46. The minimum atomic E-state index is -0.737. The maximum atomic E-state index is 12.7. The zero-order valence-electron chi connectivity index (χ0n) is 18.6. The Kier molecular flexibility index (Phi) is 6.14. The Hall–Kier alpha value is -3.74. The molecule has 0 bridgehead atoms. The van der Waals surface area contributed by atoms with Crippen molar-refractivity contribution in [3.8, 4) is 6.07 Å². The van der Waals surface area contributed by atoms with Crippen LogP contribution in [-0.4, -0.2) is 53.1 Å². The van der Waals surface area contributed by atoms with Gasteiger partial charge in [-0.05, 0) is 61.3 Å². The predicted molar refractivity (Wildman–Crippen MR) is 114 cm³/mol. The van der Waals surface area contributed by atoms with Gasteiger partial charge in [0.1, 0.15) is 0 Å². The van der Waals surface area contributed by atoms with Crippen molar-refractivity contribution in [2.24, 2.45) is 17.8 Å². The molecule has 4 rings (SSSR count). The lowest BCUT2D eigenvalue weighted by Crippen LogP contribution is -2.37. The number of rotatable bonds is 7. The number of carbonyl (C=O) groups excluding carboxylic acids is 3. The number of ether oxygens (including phenoxy) is 2. The number of esters is 2. The maximum absolute atomic E-state index is 12.7. The lowest BCUT2D eigenvalue weighted by Gasteiger charge is -2.22. The quantitative estimate of drug-likeness (QED) is 0.632. The first kappa shape index (κ1) is 22.5. The molecule has 1 N–H and O–H groups in total. The second-order valence-corrected chi connectivity index (χ2v) is 8.42. The molecule has 2 aromatic rings. The van der Waals surface area contributed by atoms with Crippen molar-refractivity contribution in [1.29, 1.82) is 5.26 Å². The molecule has 10 heteroatoms. The van der Waals surface area contributed by atoms with Gasteiger partial charge in [-0.1, -0.05) is 12.1 Å². The summed E-state index contributed by atoms with van der Waals surface area (Å²) in [5.74, 6) is -0.452. The first-order chi connectivity index (χ1) is 15.9. The molecule has 1 aromatic carbocycles. The number of nitrogens with one attached hydrogen (secondary N) is 1. The molecule has 5 atom stereocenters. The number of hydrogen-bond donors (Lipinski definition) is 1. The van der Waals surface area contributed by atoms with Crippen molar-refractivity contribution in [3.63, 3.8) is 0 Å². The van der Waals surface area contributed by atoms with Gasteiger partial charge in [-0.25, -0.2) is 14.3 Å². The molecule has 0 radical (unpaired) electrons. The zero-order chi connectivity index (χ0) is 23.7. The molecule has 2 aliphatic rings. The Morgan fingerprint density at radius 1 is 1.15 bits per heavy atom. The summed E-state index contributed by atoms with van der Waals surface area (Å²) in [5, 5.41) is 20.0. The minimum Gasteiger partial charge on any atom is -0.464 e. The van der Waals surface area contributed by atoms with Crippen LogP contribution in [0.4, 0.5) is 0 Å². The molecule has 10 nitrogen and oxygen atoms in total. The van der Waals surface area contributed by atoms with Crippen LogP contribution in [0.25, 0.3) is 0 Å². The number of carbonyl (C=O) groups is 3. The number of hydrogen-bond acceptors (Lipinski definition) is 8. The molecule has 1 amide bonds. The maximum Gasteiger partial charge on any atom is 0.361 e. The highest BCUT2D eigenvalue weighted by atomic mass is 16.5. The number of aromatic nitrogens is 3. The van der Waals surface area contributed by atoms with Crippen LogP contribution in [0, 0.1) is 29.1 Å². The fourth-order valence-corrected chi connectivity index (χ4v) is 5.15.